The van der Waals surface area contributed by atoms with E-state index in [4.69, 9.17) is 0 Å². The first-order valence-corrected chi connectivity index (χ1v) is 9.88. The van der Waals surface area contributed by atoms with Crippen LogP contribution >= 0.6 is 27.3 Å². The van der Waals surface area contributed by atoms with Crippen LogP contribution in [-0.2, 0) is 6.42 Å². The summed E-state index contributed by atoms with van der Waals surface area (Å²) in [5, 5.41) is 6.02. The van der Waals surface area contributed by atoms with Gasteiger partial charge in [0.25, 0.3) is 0 Å². The molecule has 2 aliphatic rings. The fourth-order valence-corrected chi connectivity index (χ4v) is 5.85. The Bertz CT molecular complexity index is 430. The van der Waals surface area contributed by atoms with E-state index in [2.05, 4.69) is 39.6 Å². The molecule has 4 unspecified atom stereocenters. The molecule has 0 radical (unpaired) electrons. The van der Waals surface area contributed by atoms with E-state index in [1.807, 2.05) is 11.3 Å². The van der Waals surface area contributed by atoms with Gasteiger partial charge in [0.05, 0.1) is 0 Å². The molecule has 0 saturated heterocycles. The molecule has 0 aliphatic heterocycles. The normalized spacial score (nSPS) is 30.0. The number of halogens is 1. The van der Waals surface area contributed by atoms with E-state index in [1.165, 1.54) is 54.3 Å². The quantitative estimate of drug-likeness (QED) is 0.704. The number of nitrogens with one attached hydrogen (secondary N) is 1. The van der Waals surface area contributed by atoms with Gasteiger partial charge in [0.2, 0.25) is 0 Å². The highest BCUT2D eigenvalue weighted by atomic mass is 79.9. The van der Waals surface area contributed by atoms with Gasteiger partial charge in [-0.1, -0.05) is 13.3 Å². The minimum Gasteiger partial charge on any atom is -0.314 e. The van der Waals surface area contributed by atoms with Crippen LogP contribution in [0.1, 0.15) is 50.3 Å². The van der Waals surface area contributed by atoms with Crippen LogP contribution in [0.3, 0.4) is 0 Å². The third-order valence-electron chi connectivity index (χ3n) is 5.22. The van der Waals surface area contributed by atoms with Crippen LogP contribution in [0.25, 0.3) is 0 Å². The Morgan fingerprint density at radius 1 is 1.40 bits per heavy atom. The lowest BCUT2D eigenvalue weighted by atomic mass is 9.83. The maximum atomic E-state index is 3.80. The Morgan fingerprint density at radius 2 is 2.30 bits per heavy atom. The van der Waals surface area contributed by atoms with Crippen molar-refractivity contribution in [3.63, 3.8) is 0 Å². The summed E-state index contributed by atoms with van der Waals surface area (Å²) in [6.45, 7) is 3.43. The van der Waals surface area contributed by atoms with Gasteiger partial charge >= 0.3 is 0 Å². The molecule has 1 N–H and O–H groups in total. The zero-order valence-electron chi connectivity index (χ0n) is 12.4. The molecule has 4 atom stereocenters. The Balaban J connectivity index is 1.57. The monoisotopic (exact) mass is 355 g/mol. The highest BCUT2D eigenvalue weighted by Gasteiger charge is 2.40. The van der Waals surface area contributed by atoms with Crippen LogP contribution in [0.2, 0.25) is 0 Å². The van der Waals surface area contributed by atoms with Crippen molar-refractivity contribution in [2.45, 2.75) is 57.9 Å². The molecule has 2 bridgehead atoms. The van der Waals surface area contributed by atoms with Crippen LogP contribution in [0.15, 0.2) is 15.9 Å². The average Bonchev–Trinajstić information content (AvgIpc) is 3.13. The summed E-state index contributed by atoms with van der Waals surface area (Å²) in [5.41, 5.74) is 0. The van der Waals surface area contributed by atoms with E-state index in [0.29, 0.717) is 6.04 Å². The minimum absolute atomic E-state index is 0.685. The van der Waals surface area contributed by atoms with Gasteiger partial charge in [0.15, 0.2) is 0 Å². The van der Waals surface area contributed by atoms with E-state index >= 15 is 0 Å². The summed E-state index contributed by atoms with van der Waals surface area (Å²) in [7, 11) is 0. The Kier molecular flexibility index (Phi) is 5.22. The molecule has 2 aliphatic carbocycles. The smallest absolute Gasteiger partial charge is 0.0285 e. The molecule has 2 saturated carbocycles. The van der Waals surface area contributed by atoms with Gasteiger partial charge in [0, 0.05) is 20.8 Å². The van der Waals surface area contributed by atoms with Crippen LogP contribution in [0.4, 0.5) is 0 Å². The fourth-order valence-electron chi connectivity index (χ4n) is 4.32. The van der Waals surface area contributed by atoms with Gasteiger partial charge in [-0.25, -0.2) is 0 Å². The Morgan fingerprint density at radius 3 is 2.90 bits per heavy atom. The molecule has 3 rings (SSSR count). The van der Waals surface area contributed by atoms with Crippen LogP contribution in [-0.4, -0.2) is 12.6 Å². The van der Waals surface area contributed by atoms with Gasteiger partial charge in [-0.3, -0.25) is 0 Å². The maximum Gasteiger partial charge on any atom is 0.0285 e. The van der Waals surface area contributed by atoms with Crippen molar-refractivity contribution in [3.05, 3.63) is 20.8 Å². The molecule has 1 aromatic heterocycles. The standard InChI is InChI=1S/C17H26BrNS/c1-2-5-19-16(10-17-9-15(18)11-20-17)8-14-7-12-3-4-13(14)6-12/h9,11-14,16,19H,2-8,10H2,1H3. The predicted octanol–water partition coefficient (Wildman–Crippen LogP) is 5.25. The summed E-state index contributed by atoms with van der Waals surface area (Å²) in [4.78, 5) is 1.52. The van der Waals surface area contributed by atoms with Crippen molar-refractivity contribution < 1.29 is 0 Å². The number of hydrogen-bond donors (Lipinski definition) is 1. The third kappa shape index (κ3) is 3.66. The van der Waals surface area contributed by atoms with Crippen molar-refractivity contribution in [1.82, 2.24) is 5.32 Å². The average molecular weight is 356 g/mol. The van der Waals surface area contributed by atoms with E-state index < -0.39 is 0 Å². The van der Waals surface area contributed by atoms with Gasteiger partial charge in [-0.2, -0.15) is 0 Å². The first kappa shape index (κ1) is 15.1. The molecule has 1 aromatic rings. The second-order valence-electron chi connectivity index (χ2n) is 6.76. The third-order valence-corrected chi connectivity index (χ3v) is 6.94. The van der Waals surface area contributed by atoms with Crippen molar-refractivity contribution in [3.8, 4) is 0 Å². The summed E-state index contributed by atoms with van der Waals surface area (Å²) in [5.74, 6) is 3.14. The van der Waals surface area contributed by atoms with Crippen LogP contribution in [0.5, 0.6) is 0 Å². The van der Waals surface area contributed by atoms with E-state index in [-0.39, 0.29) is 0 Å². The molecular weight excluding hydrogens is 330 g/mol. The van der Waals surface area contributed by atoms with E-state index in [1.54, 1.807) is 0 Å². The fraction of sp³-hybridized carbons (Fsp3) is 0.765. The first-order valence-electron chi connectivity index (χ1n) is 8.21. The molecule has 0 spiro atoms. The second kappa shape index (κ2) is 6.93. The molecule has 1 nitrogen and oxygen atoms in total. The van der Waals surface area contributed by atoms with Crippen LogP contribution in [0, 0.1) is 17.8 Å². The largest absolute Gasteiger partial charge is 0.314 e. The topological polar surface area (TPSA) is 12.0 Å². The predicted molar refractivity (Wildman–Crippen MR) is 91.4 cm³/mol. The SMILES string of the molecule is CCCNC(Cc1cc(Br)cs1)CC1CC2CCC1C2. The number of thiophene rings is 1. The summed E-state index contributed by atoms with van der Waals surface area (Å²) in [6.07, 6.45) is 9.94. The number of hydrogen-bond acceptors (Lipinski definition) is 2. The van der Waals surface area contributed by atoms with Crippen molar-refractivity contribution >= 4 is 27.3 Å². The van der Waals surface area contributed by atoms with Crippen LogP contribution < -0.4 is 5.32 Å². The van der Waals surface area contributed by atoms with Crippen molar-refractivity contribution in [1.29, 1.82) is 0 Å². The molecule has 112 valence electrons. The number of rotatable bonds is 7. The molecule has 1 heterocycles. The van der Waals surface area contributed by atoms with Gasteiger partial charge in [0.1, 0.15) is 0 Å². The minimum atomic E-state index is 0.685. The van der Waals surface area contributed by atoms with Gasteiger partial charge in [-0.05, 0) is 84.8 Å². The summed E-state index contributed by atoms with van der Waals surface area (Å²) in [6, 6.07) is 2.98. The zero-order valence-corrected chi connectivity index (χ0v) is 14.8. The van der Waals surface area contributed by atoms with Gasteiger partial charge < -0.3 is 5.32 Å². The second-order valence-corrected chi connectivity index (χ2v) is 8.67. The van der Waals surface area contributed by atoms with Crippen molar-refractivity contribution in [2.75, 3.05) is 6.54 Å². The lowest BCUT2D eigenvalue weighted by Crippen LogP contribution is -2.34. The maximum absolute atomic E-state index is 3.80. The first-order chi connectivity index (χ1) is 9.74. The zero-order chi connectivity index (χ0) is 13.9. The molecule has 3 heteroatoms. The summed E-state index contributed by atoms with van der Waals surface area (Å²) >= 11 is 5.48. The molecule has 0 amide bonds. The molecule has 0 aromatic carbocycles. The highest BCUT2D eigenvalue weighted by molar-refractivity contribution is 9.10. The lowest BCUT2D eigenvalue weighted by Gasteiger charge is -2.27. The molecule has 2 fully saturated rings. The van der Waals surface area contributed by atoms with Crippen molar-refractivity contribution in [2.24, 2.45) is 17.8 Å². The van der Waals surface area contributed by atoms with E-state index in [9.17, 15) is 0 Å². The Hall–Kier alpha value is 0.140. The molecular formula is C17H26BrNS. The molecule has 20 heavy (non-hydrogen) atoms. The highest BCUT2D eigenvalue weighted by Crippen LogP contribution is 2.50. The summed E-state index contributed by atoms with van der Waals surface area (Å²) < 4.78 is 1.24. The lowest BCUT2D eigenvalue weighted by molar-refractivity contribution is 0.277. The Labute approximate surface area is 135 Å². The van der Waals surface area contributed by atoms with E-state index in [0.717, 1.165) is 24.3 Å². The number of fused-ring (bicyclic) bond motifs is 2. The van der Waals surface area contributed by atoms with Gasteiger partial charge in [-0.15, -0.1) is 11.3 Å².